The average molecular weight is 226 g/mol. The average Bonchev–Trinajstić information content (AvgIpc) is 2.30. The zero-order valence-electron chi connectivity index (χ0n) is 9.06. The van der Waals surface area contributed by atoms with Crippen LogP contribution in [0, 0.1) is 0 Å². The van der Waals surface area contributed by atoms with E-state index in [1.54, 1.807) is 0 Å². The molecule has 0 aromatic heterocycles. The fourth-order valence-corrected chi connectivity index (χ4v) is 1.64. The molecule has 0 spiro atoms. The number of aliphatic hydroxyl groups is 1. The van der Waals surface area contributed by atoms with Gasteiger partial charge in [0.1, 0.15) is 6.10 Å². The van der Waals surface area contributed by atoms with E-state index in [1.165, 1.54) is 0 Å². The summed E-state index contributed by atoms with van der Waals surface area (Å²) in [4.78, 5) is 0. The minimum Gasteiger partial charge on any atom is -0.422 e. The number of hydrogen-bond donors (Lipinski definition) is 1. The predicted octanol–water partition coefficient (Wildman–Crippen LogP) is 0.885. The van der Waals surface area contributed by atoms with Gasteiger partial charge in [-0.05, 0) is 5.56 Å². The van der Waals surface area contributed by atoms with E-state index in [1.807, 2.05) is 30.3 Å². The van der Waals surface area contributed by atoms with Gasteiger partial charge in [-0.3, -0.25) is 0 Å². The Bertz CT molecular complexity index is 253. The van der Waals surface area contributed by atoms with Crippen LogP contribution in [0.15, 0.2) is 30.3 Å². The van der Waals surface area contributed by atoms with Gasteiger partial charge in [-0.1, -0.05) is 36.9 Å². The molecule has 1 rings (SSSR count). The highest BCUT2D eigenvalue weighted by atomic mass is 28.2. The molecule has 0 bridgehead atoms. The summed E-state index contributed by atoms with van der Waals surface area (Å²) < 4.78 is 10.6. The molecule has 0 amide bonds. The lowest BCUT2D eigenvalue weighted by atomic mass is 10.1. The zero-order valence-corrected chi connectivity index (χ0v) is 10.5. The third kappa shape index (κ3) is 5.08. The number of benzene rings is 1. The van der Waals surface area contributed by atoms with Crippen LogP contribution in [0.25, 0.3) is 0 Å². The molecule has 1 atom stereocenters. The third-order valence-corrected chi connectivity index (χ3v) is 2.73. The van der Waals surface area contributed by atoms with Crippen molar-refractivity contribution in [2.24, 2.45) is 0 Å². The van der Waals surface area contributed by atoms with E-state index < -0.39 is 6.10 Å². The molecule has 0 heterocycles. The SMILES string of the molecule is C[SiH2]OCCOCC(O)c1ccccc1. The number of ether oxygens (including phenoxy) is 1. The van der Waals surface area contributed by atoms with Gasteiger partial charge in [0.15, 0.2) is 9.76 Å². The first-order chi connectivity index (χ1) is 7.34. The van der Waals surface area contributed by atoms with Crippen molar-refractivity contribution in [3.05, 3.63) is 35.9 Å². The van der Waals surface area contributed by atoms with Crippen molar-refractivity contribution < 1.29 is 14.3 Å². The molecule has 1 aromatic carbocycles. The summed E-state index contributed by atoms with van der Waals surface area (Å²) in [5.74, 6) is 0. The molecule has 84 valence electrons. The van der Waals surface area contributed by atoms with Crippen molar-refractivity contribution in [2.45, 2.75) is 12.7 Å². The van der Waals surface area contributed by atoms with E-state index >= 15 is 0 Å². The summed E-state index contributed by atoms with van der Waals surface area (Å²) in [7, 11) is -0.327. The van der Waals surface area contributed by atoms with E-state index in [-0.39, 0.29) is 9.76 Å². The predicted molar refractivity (Wildman–Crippen MR) is 62.6 cm³/mol. The largest absolute Gasteiger partial charge is 0.422 e. The van der Waals surface area contributed by atoms with Gasteiger partial charge in [0.25, 0.3) is 0 Å². The fraction of sp³-hybridized carbons (Fsp3) is 0.455. The summed E-state index contributed by atoms with van der Waals surface area (Å²) in [5, 5.41) is 9.72. The zero-order chi connectivity index (χ0) is 10.9. The smallest absolute Gasteiger partial charge is 0.158 e. The highest BCUT2D eigenvalue weighted by molar-refractivity contribution is 6.24. The molecule has 0 saturated carbocycles. The topological polar surface area (TPSA) is 38.7 Å². The first-order valence-corrected chi connectivity index (χ1v) is 7.22. The second-order valence-electron chi connectivity index (χ2n) is 3.20. The van der Waals surface area contributed by atoms with Gasteiger partial charge in [0, 0.05) is 0 Å². The first-order valence-electron chi connectivity index (χ1n) is 5.23. The molecule has 1 aromatic rings. The van der Waals surface area contributed by atoms with E-state index in [4.69, 9.17) is 9.16 Å². The van der Waals surface area contributed by atoms with Crippen LogP contribution in [-0.4, -0.2) is 34.7 Å². The standard InChI is InChI=1S/C11H18O3Si/c1-15-14-8-7-13-9-11(12)10-5-3-2-4-6-10/h2-6,11-12H,7-9,15H2,1H3. The highest BCUT2D eigenvalue weighted by Crippen LogP contribution is 2.11. The molecule has 0 fully saturated rings. The van der Waals surface area contributed by atoms with Crippen molar-refractivity contribution in [1.82, 2.24) is 0 Å². The minimum atomic E-state index is -0.537. The molecule has 1 N–H and O–H groups in total. The van der Waals surface area contributed by atoms with Gasteiger partial charge < -0.3 is 14.3 Å². The van der Waals surface area contributed by atoms with Gasteiger partial charge in [-0.15, -0.1) is 0 Å². The number of rotatable bonds is 7. The molecular formula is C11H18O3Si. The Balaban J connectivity index is 2.16. The maximum absolute atomic E-state index is 9.72. The molecule has 0 aliphatic rings. The van der Waals surface area contributed by atoms with Gasteiger partial charge in [0.2, 0.25) is 0 Å². The monoisotopic (exact) mass is 226 g/mol. The molecule has 0 saturated heterocycles. The van der Waals surface area contributed by atoms with Crippen LogP contribution >= 0.6 is 0 Å². The van der Waals surface area contributed by atoms with Gasteiger partial charge >= 0.3 is 0 Å². The Kier molecular flexibility index (Phi) is 6.27. The summed E-state index contributed by atoms with van der Waals surface area (Å²) in [5.41, 5.74) is 0.892. The number of hydrogen-bond acceptors (Lipinski definition) is 3. The Morgan fingerprint density at radius 3 is 2.67 bits per heavy atom. The second-order valence-corrected chi connectivity index (χ2v) is 4.18. The fourth-order valence-electron chi connectivity index (χ4n) is 1.23. The van der Waals surface area contributed by atoms with Gasteiger partial charge in [0.05, 0.1) is 19.8 Å². The van der Waals surface area contributed by atoms with Crippen LogP contribution in [0.5, 0.6) is 0 Å². The van der Waals surface area contributed by atoms with Crippen LogP contribution < -0.4 is 0 Å². The van der Waals surface area contributed by atoms with Gasteiger partial charge in [-0.2, -0.15) is 0 Å². The molecule has 0 aliphatic heterocycles. The Morgan fingerprint density at radius 1 is 1.27 bits per heavy atom. The molecule has 0 aliphatic carbocycles. The molecular weight excluding hydrogens is 208 g/mol. The van der Waals surface area contributed by atoms with Crippen molar-refractivity contribution in [2.75, 3.05) is 19.8 Å². The Morgan fingerprint density at radius 2 is 2.00 bits per heavy atom. The number of aliphatic hydroxyl groups excluding tert-OH is 1. The van der Waals surface area contributed by atoms with Crippen molar-refractivity contribution in [3.8, 4) is 0 Å². The summed E-state index contributed by atoms with van der Waals surface area (Å²) in [6.45, 7) is 3.62. The third-order valence-electron chi connectivity index (χ3n) is 2.04. The van der Waals surface area contributed by atoms with Gasteiger partial charge in [-0.25, -0.2) is 0 Å². The quantitative estimate of drug-likeness (QED) is 0.554. The van der Waals surface area contributed by atoms with Crippen molar-refractivity contribution in [1.29, 1.82) is 0 Å². The van der Waals surface area contributed by atoms with Crippen LogP contribution in [0.4, 0.5) is 0 Å². The Hall–Kier alpha value is -0.683. The minimum absolute atomic E-state index is 0.327. The summed E-state index contributed by atoms with van der Waals surface area (Å²) in [6.07, 6.45) is -0.537. The molecule has 4 heteroatoms. The lowest BCUT2D eigenvalue weighted by Crippen LogP contribution is -2.11. The molecule has 1 unspecified atom stereocenters. The lowest BCUT2D eigenvalue weighted by molar-refractivity contribution is 0.0244. The van der Waals surface area contributed by atoms with E-state index in [2.05, 4.69) is 6.55 Å². The van der Waals surface area contributed by atoms with Crippen LogP contribution in [0.1, 0.15) is 11.7 Å². The van der Waals surface area contributed by atoms with E-state index in [0.29, 0.717) is 19.8 Å². The van der Waals surface area contributed by atoms with E-state index in [9.17, 15) is 5.11 Å². The first kappa shape index (κ1) is 12.4. The lowest BCUT2D eigenvalue weighted by Gasteiger charge is -2.11. The summed E-state index contributed by atoms with van der Waals surface area (Å²) >= 11 is 0. The summed E-state index contributed by atoms with van der Waals surface area (Å²) in [6, 6.07) is 9.53. The highest BCUT2D eigenvalue weighted by Gasteiger charge is 2.05. The molecule has 3 nitrogen and oxygen atoms in total. The maximum atomic E-state index is 9.72. The van der Waals surface area contributed by atoms with Crippen LogP contribution in [0.3, 0.4) is 0 Å². The normalized spacial score (nSPS) is 13.5. The maximum Gasteiger partial charge on any atom is 0.158 e. The second kappa shape index (κ2) is 7.59. The van der Waals surface area contributed by atoms with Crippen LogP contribution in [0.2, 0.25) is 6.55 Å². The van der Waals surface area contributed by atoms with E-state index in [0.717, 1.165) is 5.56 Å². The van der Waals surface area contributed by atoms with Crippen LogP contribution in [-0.2, 0) is 9.16 Å². The van der Waals surface area contributed by atoms with Crippen molar-refractivity contribution in [3.63, 3.8) is 0 Å². The van der Waals surface area contributed by atoms with Crippen molar-refractivity contribution >= 4 is 9.76 Å². The molecule has 15 heavy (non-hydrogen) atoms. The molecule has 0 radical (unpaired) electrons. The Labute approximate surface area is 93.0 Å².